The predicted octanol–water partition coefficient (Wildman–Crippen LogP) is 0.830. The molecular weight excluding hydrogens is 242 g/mol. The van der Waals surface area contributed by atoms with E-state index in [9.17, 15) is 0 Å². The van der Waals surface area contributed by atoms with Gasteiger partial charge in [-0.25, -0.2) is 0 Å². The summed E-state index contributed by atoms with van der Waals surface area (Å²) in [6, 6.07) is 0.209. The molecule has 2 atom stereocenters. The van der Waals surface area contributed by atoms with Gasteiger partial charge in [-0.2, -0.15) is 4.98 Å². The maximum absolute atomic E-state index is 5.73. The maximum atomic E-state index is 5.73. The number of nitrogens with two attached hydrogens (primary N) is 1. The average Bonchev–Trinajstić information content (AvgIpc) is 2.80. The zero-order valence-corrected chi connectivity index (χ0v) is 12.2. The summed E-state index contributed by atoms with van der Waals surface area (Å²) in [6.07, 6.45) is 2.10. The first-order valence-electron chi connectivity index (χ1n) is 7.08. The molecule has 0 amide bonds. The van der Waals surface area contributed by atoms with Gasteiger partial charge in [-0.1, -0.05) is 12.1 Å². The fraction of sp³-hybridized carbons (Fsp3) is 0.846. The molecule has 1 aromatic rings. The van der Waals surface area contributed by atoms with Gasteiger partial charge >= 0.3 is 0 Å². The Bertz CT molecular complexity index is 390. The number of nitrogens with zero attached hydrogens (tertiary/aromatic N) is 4. The van der Waals surface area contributed by atoms with Gasteiger partial charge in [-0.3, -0.25) is 4.90 Å². The molecule has 1 aliphatic heterocycles. The summed E-state index contributed by atoms with van der Waals surface area (Å²) in [6.45, 7) is 5.76. The van der Waals surface area contributed by atoms with Crippen molar-refractivity contribution in [3.8, 4) is 0 Å². The van der Waals surface area contributed by atoms with Gasteiger partial charge < -0.3 is 15.2 Å². The van der Waals surface area contributed by atoms with E-state index < -0.39 is 0 Å². The first-order chi connectivity index (χ1) is 9.15. The third-order valence-corrected chi connectivity index (χ3v) is 3.95. The highest BCUT2D eigenvalue weighted by molar-refractivity contribution is 5.00. The monoisotopic (exact) mass is 267 g/mol. The number of rotatable bonds is 4. The van der Waals surface area contributed by atoms with E-state index in [1.165, 1.54) is 6.42 Å². The minimum absolute atomic E-state index is 0.176. The number of likely N-dealkylation sites (N-methyl/N-ethyl adjacent to an activating group) is 2. The van der Waals surface area contributed by atoms with E-state index in [1.54, 1.807) is 0 Å². The van der Waals surface area contributed by atoms with Crippen molar-refractivity contribution in [3.63, 3.8) is 0 Å². The van der Waals surface area contributed by atoms with Crippen LogP contribution in [0.2, 0.25) is 0 Å². The summed E-state index contributed by atoms with van der Waals surface area (Å²) in [5, 5.41) is 4.17. The summed E-state index contributed by atoms with van der Waals surface area (Å²) in [5.41, 5.74) is 5.73. The summed E-state index contributed by atoms with van der Waals surface area (Å²) in [7, 11) is 4.27. The lowest BCUT2D eigenvalue weighted by Gasteiger charge is -2.24. The van der Waals surface area contributed by atoms with E-state index in [0.29, 0.717) is 12.4 Å². The van der Waals surface area contributed by atoms with Crippen molar-refractivity contribution in [1.82, 2.24) is 19.9 Å². The molecule has 0 saturated carbocycles. The molecule has 2 unspecified atom stereocenters. The molecule has 108 valence electrons. The van der Waals surface area contributed by atoms with Crippen LogP contribution in [0.15, 0.2) is 4.52 Å². The van der Waals surface area contributed by atoms with Crippen molar-refractivity contribution in [2.24, 2.45) is 5.73 Å². The fourth-order valence-corrected chi connectivity index (χ4v) is 2.54. The minimum Gasteiger partial charge on any atom is -0.339 e. The molecular formula is C13H25N5O. The van der Waals surface area contributed by atoms with E-state index in [-0.39, 0.29) is 12.0 Å². The van der Waals surface area contributed by atoms with Gasteiger partial charge in [0.1, 0.15) is 0 Å². The van der Waals surface area contributed by atoms with Gasteiger partial charge in [-0.15, -0.1) is 0 Å². The lowest BCUT2D eigenvalue weighted by molar-refractivity contribution is 0.214. The Balaban J connectivity index is 2.15. The molecule has 6 nitrogen and oxygen atoms in total. The van der Waals surface area contributed by atoms with E-state index >= 15 is 0 Å². The van der Waals surface area contributed by atoms with Crippen molar-refractivity contribution >= 4 is 0 Å². The van der Waals surface area contributed by atoms with Crippen molar-refractivity contribution < 1.29 is 4.52 Å². The summed E-state index contributed by atoms with van der Waals surface area (Å²) < 4.78 is 5.40. The normalized spacial score (nSPS) is 24.3. The van der Waals surface area contributed by atoms with Crippen LogP contribution in [0, 0.1) is 0 Å². The van der Waals surface area contributed by atoms with Crippen LogP contribution in [-0.4, -0.2) is 60.2 Å². The molecule has 2 heterocycles. The highest BCUT2D eigenvalue weighted by Gasteiger charge is 2.27. The molecule has 0 aliphatic carbocycles. The van der Waals surface area contributed by atoms with Crippen LogP contribution in [0.4, 0.5) is 0 Å². The van der Waals surface area contributed by atoms with Gasteiger partial charge in [0.2, 0.25) is 5.89 Å². The van der Waals surface area contributed by atoms with Gasteiger partial charge in [0.25, 0.3) is 0 Å². The largest absolute Gasteiger partial charge is 0.339 e. The number of hydrogen-bond acceptors (Lipinski definition) is 6. The number of aromatic nitrogens is 2. The summed E-state index contributed by atoms with van der Waals surface area (Å²) in [5.74, 6) is 1.65. The standard InChI is InChI=1S/C13H25N5O/c1-4-10(8-14)13-15-12(16-19-13)11-9-17(2)6-5-7-18(11)3/h10-11H,4-9,14H2,1-3H3. The van der Waals surface area contributed by atoms with E-state index in [2.05, 4.69) is 41.0 Å². The van der Waals surface area contributed by atoms with Gasteiger partial charge in [0.05, 0.1) is 12.0 Å². The topological polar surface area (TPSA) is 71.4 Å². The summed E-state index contributed by atoms with van der Waals surface area (Å²) in [4.78, 5) is 9.21. The third kappa shape index (κ3) is 3.32. The van der Waals surface area contributed by atoms with Crippen LogP contribution in [0.5, 0.6) is 0 Å². The first kappa shape index (κ1) is 14.4. The zero-order valence-electron chi connectivity index (χ0n) is 12.2. The van der Waals surface area contributed by atoms with Crippen LogP contribution in [-0.2, 0) is 0 Å². The molecule has 0 spiro atoms. The molecule has 6 heteroatoms. The molecule has 1 aliphatic rings. The second-order valence-electron chi connectivity index (χ2n) is 5.44. The van der Waals surface area contributed by atoms with Gasteiger partial charge in [-0.05, 0) is 40.0 Å². The van der Waals surface area contributed by atoms with Crippen LogP contribution in [0.1, 0.15) is 43.4 Å². The van der Waals surface area contributed by atoms with Crippen LogP contribution in [0.25, 0.3) is 0 Å². The second-order valence-corrected chi connectivity index (χ2v) is 5.44. The second kappa shape index (κ2) is 6.45. The quantitative estimate of drug-likeness (QED) is 0.871. The Hall–Kier alpha value is -0.980. The highest BCUT2D eigenvalue weighted by atomic mass is 16.5. The minimum atomic E-state index is 0.176. The van der Waals surface area contributed by atoms with Crippen molar-refractivity contribution in [2.45, 2.75) is 31.7 Å². The van der Waals surface area contributed by atoms with Gasteiger partial charge in [0, 0.05) is 13.1 Å². The summed E-state index contributed by atoms with van der Waals surface area (Å²) >= 11 is 0. The Morgan fingerprint density at radius 3 is 2.89 bits per heavy atom. The van der Waals surface area contributed by atoms with Crippen molar-refractivity contribution in [1.29, 1.82) is 0 Å². The van der Waals surface area contributed by atoms with E-state index in [1.807, 2.05) is 0 Å². The SMILES string of the molecule is CCC(CN)c1nc(C2CN(C)CCCN2C)no1. The molecule has 0 aromatic carbocycles. The smallest absolute Gasteiger partial charge is 0.231 e. The molecule has 2 rings (SSSR count). The maximum Gasteiger partial charge on any atom is 0.231 e. The molecule has 1 fully saturated rings. The Morgan fingerprint density at radius 2 is 2.21 bits per heavy atom. The first-order valence-corrected chi connectivity index (χ1v) is 7.08. The zero-order chi connectivity index (χ0) is 13.8. The molecule has 0 radical (unpaired) electrons. The Kier molecular flexibility index (Phi) is 4.90. The molecule has 2 N–H and O–H groups in total. The Morgan fingerprint density at radius 1 is 1.42 bits per heavy atom. The molecule has 0 bridgehead atoms. The molecule has 19 heavy (non-hydrogen) atoms. The lowest BCUT2D eigenvalue weighted by Crippen LogP contribution is -2.31. The predicted molar refractivity (Wildman–Crippen MR) is 73.9 cm³/mol. The van der Waals surface area contributed by atoms with E-state index in [0.717, 1.165) is 31.9 Å². The third-order valence-electron chi connectivity index (χ3n) is 3.95. The average molecular weight is 267 g/mol. The van der Waals surface area contributed by atoms with E-state index in [4.69, 9.17) is 10.3 Å². The molecule has 1 aromatic heterocycles. The van der Waals surface area contributed by atoms with Crippen molar-refractivity contribution in [3.05, 3.63) is 11.7 Å². The fourth-order valence-electron chi connectivity index (χ4n) is 2.54. The lowest BCUT2D eigenvalue weighted by atomic mass is 10.1. The highest BCUT2D eigenvalue weighted by Crippen LogP contribution is 2.23. The molecule has 1 saturated heterocycles. The van der Waals surface area contributed by atoms with Crippen LogP contribution in [0.3, 0.4) is 0 Å². The van der Waals surface area contributed by atoms with Gasteiger partial charge in [0.15, 0.2) is 5.82 Å². The number of hydrogen-bond donors (Lipinski definition) is 1. The van der Waals surface area contributed by atoms with Crippen LogP contribution >= 0.6 is 0 Å². The van der Waals surface area contributed by atoms with Crippen LogP contribution < -0.4 is 5.73 Å². The van der Waals surface area contributed by atoms with Crippen molar-refractivity contribution in [2.75, 3.05) is 40.3 Å². The Labute approximate surface area is 114 Å².